The van der Waals surface area contributed by atoms with Crippen LogP contribution in [0.5, 0.6) is 0 Å². The summed E-state index contributed by atoms with van der Waals surface area (Å²) in [6, 6.07) is 14.1. The van der Waals surface area contributed by atoms with Crippen LogP contribution in [0.2, 0.25) is 0 Å². The molecule has 2 aromatic carbocycles. The summed E-state index contributed by atoms with van der Waals surface area (Å²) in [5.41, 5.74) is 4.39. The van der Waals surface area contributed by atoms with E-state index in [1.807, 2.05) is 31.2 Å². The van der Waals surface area contributed by atoms with Crippen LogP contribution in [0.1, 0.15) is 27.0 Å². The number of benzene rings is 2. The Balaban J connectivity index is 1.81. The molecule has 0 unspecified atom stereocenters. The minimum absolute atomic E-state index is 0.00814. The van der Waals surface area contributed by atoms with E-state index in [0.29, 0.717) is 6.54 Å². The first kappa shape index (κ1) is 15.6. The number of hydrogen-bond acceptors (Lipinski definition) is 2. The van der Waals surface area contributed by atoms with Gasteiger partial charge in [-0.3, -0.25) is 4.79 Å². The minimum Gasteiger partial charge on any atom is -0.351 e. The molecule has 2 rings (SSSR count). The molecule has 0 fully saturated rings. The zero-order valence-electron chi connectivity index (χ0n) is 12.8. The molecule has 2 nitrogen and oxygen atoms in total. The molecule has 0 atom stereocenters. The molecule has 0 aromatic heterocycles. The molecule has 0 saturated carbocycles. The second-order valence-electron chi connectivity index (χ2n) is 5.17. The van der Waals surface area contributed by atoms with Crippen LogP contribution in [0, 0.1) is 20.8 Å². The first-order chi connectivity index (χ1) is 10.1. The zero-order chi connectivity index (χ0) is 15.2. The molecule has 0 saturated heterocycles. The van der Waals surface area contributed by atoms with Gasteiger partial charge >= 0.3 is 0 Å². The molecule has 0 bridgehead atoms. The lowest BCUT2D eigenvalue weighted by atomic mass is 10.1. The molecule has 21 heavy (non-hydrogen) atoms. The van der Waals surface area contributed by atoms with Gasteiger partial charge in [0.15, 0.2) is 0 Å². The van der Waals surface area contributed by atoms with E-state index in [1.165, 1.54) is 16.0 Å². The standard InChI is InChI=1S/C18H21NOS/c1-13-8-9-16(12-15(13)3)21-11-10-19-18(20)17-7-5-4-6-14(17)2/h4-9,12H,10-11H2,1-3H3,(H,19,20). The van der Waals surface area contributed by atoms with Crippen LogP contribution in [0.3, 0.4) is 0 Å². The third kappa shape index (κ3) is 4.36. The van der Waals surface area contributed by atoms with E-state index in [2.05, 4.69) is 37.4 Å². The molecule has 1 amide bonds. The van der Waals surface area contributed by atoms with Crippen molar-refractivity contribution in [3.63, 3.8) is 0 Å². The number of amides is 1. The molecule has 110 valence electrons. The van der Waals surface area contributed by atoms with E-state index in [4.69, 9.17) is 0 Å². The Morgan fingerprint density at radius 3 is 2.48 bits per heavy atom. The van der Waals surface area contributed by atoms with Crippen molar-refractivity contribution >= 4 is 17.7 Å². The number of nitrogens with one attached hydrogen (secondary N) is 1. The molecule has 0 aliphatic heterocycles. The summed E-state index contributed by atoms with van der Waals surface area (Å²) in [6.07, 6.45) is 0. The quantitative estimate of drug-likeness (QED) is 0.664. The second kappa shape index (κ2) is 7.32. The van der Waals surface area contributed by atoms with Crippen LogP contribution in [0.4, 0.5) is 0 Å². The normalized spacial score (nSPS) is 10.4. The maximum Gasteiger partial charge on any atom is 0.251 e. The Morgan fingerprint density at radius 1 is 1.00 bits per heavy atom. The maximum absolute atomic E-state index is 12.1. The highest BCUT2D eigenvalue weighted by Crippen LogP contribution is 2.20. The van der Waals surface area contributed by atoms with Gasteiger partial charge in [0.1, 0.15) is 0 Å². The molecule has 3 heteroatoms. The Hall–Kier alpha value is -1.74. The Kier molecular flexibility index (Phi) is 5.45. The average Bonchev–Trinajstić information content (AvgIpc) is 2.47. The number of carbonyl (C=O) groups is 1. The van der Waals surface area contributed by atoms with Crippen molar-refractivity contribution in [3.05, 3.63) is 64.7 Å². The molecule has 0 radical (unpaired) electrons. The Bertz CT molecular complexity index is 637. The highest BCUT2D eigenvalue weighted by Gasteiger charge is 2.07. The molecule has 0 spiro atoms. The molecule has 0 aliphatic carbocycles. The SMILES string of the molecule is Cc1ccc(SCCNC(=O)c2ccccc2C)cc1C. The van der Waals surface area contributed by atoms with Crippen molar-refractivity contribution in [2.45, 2.75) is 25.7 Å². The van der Waals surface area contributed by atoms with Crippen LogP contribution in [-0.2, 0) is 0 Å². The van der Waals surface area contributed by atoms with Crippen molar-refractivity contribution in [3.8, 4) is 0 Å². The summed E-state index contributed by atoms with van der Waals surface area (Å²) in [5, 5.41) is 2.98. The van der Waals surface area contributed by atoms with Crippen LogP contribution in [0.15, 0.2) is 47.4 Å². The zero-order valence-corrected chi connectivity index (χ0v) is 13.6. The second-order valence-corrected chi connectivity index (χ2v) is 6.33. The van der Waals surface area contributed by atoms with Crippen LogP contribution >= 0.6 is 11.8 Å². The first-order valence-corrected chi connectivity index (χ1v) is 8.10. The molecular formula is C18H21NOS. The highest BCUT2D eigenvalue weighted by molar-refractivity contribution is 7.99. The van der Waals surface area contributed by atoms with E-state index in [9.17, 15) is 4.79 Å². The lowest BCUT2D eigenvalue weighted by Gasteiger charge is -2.08. The molecule has 1 N–H and O–H groups in total. The van der Waals surface area contributed by atoms with Crippen LogP contribution in [0.25, 0.3) is 0 Å². The Labute approximate surface area is 131 Å². The monoisotopic (exact) mass is 299 g/mol. The lowest BCUT2D eigenvalue weighted by molar-refractivity contribution is 0.0955. The number of hydrogen-bond donors (Lipinski definition) is 1. The van der Waals surface area contributed by atoms with E-state index >= 15 is 0 Å². The van der Waals surface area contributed by atoms with Crippen LogP contribution < -0.4 is 5.32 Å². The average molecular weight is 299 g/mol. The van der Waals surface area contributed by atoms with Gasteiger partial charge in [-0.05, 0) is 55.7 Å². The van der Waals surface area contributed by atoms with E-state index in [0.717, 1.165) is 16.9 Å². The first-order valence-electron chi connectivity index (χ1n) is 7.12. The predicted molar refractivity (Wildman–Crippen MR) is 90.2 cm³/mol. The number of carbonyl (C=O) groups excluding carboxylic acids is 1. The van der Waals surface area contributed by atoms with Crippen molar-refractivity contribution in [1.82, 2.24) is 5.32 Å². The van der Waals surface area contributed by atoms with Gasteiger partial charge in [0.2, 0.25) is 0 Å². The van der Waals surface area contributed by atoms with Crippen molar-refractivity contribution in [1.29, 1.82) is 0 Å². The third-order valence-electron chi connectivity index (χ3n) is 3.52. The molecule has 0 aliphatic rings. The minimum atomic E-state index is 0.00814. The summed E-state index contributed by atoms with van der Waals surface area (Å²) >= 11 is 1.77. The van der Waals surface area contributed by atoms with Gasteiger partial charge in [0.25, 0.3) is 5.91 Å². The van der Waals surface area contributed by atoms with Gasteiger partial charge < -0.3 is 5.32 Å². The highest BCUT2D eigenvalue weighted by atomic mass is 32.2. The van der Waals surface area contributed by atoms with Gasteiger partial charge in [-0.15, -0.1) is 11.8 Å². The van der Waals surface area contributed by atoms with Gasteiger partial charge in [0, 0.05) is 22.8 Å². The largest absolute Gasteiger partial charge is 0.351 e. The number of thioether (sulfide) groups is 1. The van der Waals surface area contributed by atoms with Crippen LogP contribution in [-0.4, -0.2) is 18.2 Å². The van der Waals surface area contributed by atoms with E-state index in [-0.39, 0.29) is 5.91 Å². The van der Waals surface area contributed by atoms with Gasteiger partial charge in [-0.2, -0.15) is 0 Å². The topological polar surface area (TPSA) is 29.1 Å². The molecular weight excluding hydrogens is 278 g/mol. The van der Waals surface area contributed by atoms with Gasteiger partial charge in [-0.25, -0.2) is 0 Å². The summed E-state index contributed by atoms with van der Waals surface area (Å²) < 4.78 is 0. The van der Waals surface area contributed by atoms with E-state index in [1.54, 1.807) is 11.8 Å². The smallest absolute Gasteiger partial charge is 0.251 e. The summed E-state index contributed by atoms with van der Waals surface area (Å²) in [7, 11) is 0. The fraction of sp³-hybridized carbons (Fsp3) is 0.278. The van der Waals surface area contributed by atoms with Crippen molar-refractivity contribution < 1.29 is 4.79 Å². The summed E-state index contributed by atoms with van der Waals surface area (Å²) in [5.74, 6) is 0.883. The van der Waals surface area contributed by atoms with Gasteiger partial charge in [-0.1, -0.05) is 24.3 Å². The number of rotatable bonds is 5. The Morgan fingerprint density at radius 2 is 1.76 bits per heavy atom. The maximum atomic E-state index is 12.1. The summed E-state index contributed by atoms with van der Waals surface area (Å²) in [4.78, 5) is 13.3. The van der Waals surface area contributed by atoms with Crippen molar-refractivity contribution in [2.75, 3.05) is 12.3 Å². The number of aryl methyl sites for hydroxylation is 3. The van der Waals surface area contributed by atoms with E-state index < -0.39 is 0 Å². The lowest BCUT2D eigenvalue weighted by Crippen LogP contribution is -2.26. The third-order valence-corrected chi connectivity index (χ3v) is 4.52. The molecule has 2 aromatic rings. The summed E-state index contributed by atoms with van der Waals surface area (Å²) in [6.45, 7) is 6.87. The van der Waals surface area contributed by atoms with Crippen molar-refractivity contribution in [2.24, 2.45) is 0 Å². The van der Waals surface area contributed by atoms with Gasteiger partial charge in [0.05, 0.1) is 0 Å². The molecule has 0 heterocycles. The predicted octanol–water partition coefficient (Wildman–Crippen LogP) is 4.13. The fourth-order valence-electron chi connectivity index (χ4n) is 2.06. The fourth-order valence-corrected chi connectivity index (χ4v) is 2.92.